The van der Waals surface area contributed by atoms with Crippen molar-refractivity contribution in [1.29, 1.82) is 0 Å². The van der Waals surface area contributed by atoms with Crippen molar-refractivity contribution in [2.75, 3.05) is 0 Å². The number of halogens is 1. The fraction of sp³-hybridized carbons (Fsp3) is 0. The van der Waals surface area contributed by atoms with E-state index in [9.17, 15) is 4.79 Å². The molecule has 0 amide bonds. The molecule has 0 saturated carbocycles. The van der Waals surface area contributed by atoms with Crippen molar-refractivity contribution in [1.82, 2.24) is 9.78 Å². The third kappa shape index (κ3) is 1.99. The standard InChI is InChI=1S/C10H7ClN2O2/c11-9-5-6-13(12-9)8-3-1-7(2-4-8)10(14)15/h1-6H,(H,14,15). The molecule has 0 spiro atoms. The van der Waals surface area contributed by atoms with Gasteiger partial charge in [0.15, 0.2) is 5.15 Å². The van der Waals surface area contributed by atoms with E-state index in [0.717, 1.165) is 5.69 Å². The van der Waals surface area contributed by atoms with Crippen LogP contribution in [0.1, 0.15) is 10.4 Å². The minimum Gasteiger partial charge on any atom is -0.478 e. The lowest BCUT2D eigenvalue weighted by molar-refractivity contribution is 0.0697. The second kappa shape index (κ2) is 3.74. The summed E-state index contributed by atoms with van der Waals surface area (Å²) in [5.74, 6) is -0.944. The maximum absolute atomic E-state index is 10.6. The van der Waals surface area contributed by atoms with Gasteiger partial charge in [-0.1, -0.05) is 11.6 Å². The summed E-state index contributed by atoms with van der Waals surface area (Å²) in [5, 5.41) is 13.1. The Hall–Kier alpha value is -1.81. The van der Waals surface area contributed by atoms with Crippen molar-refractivity contribution in [2.24, 2.45) is 0 Å². The Morgan fingerprint density at radius 2 is 1.93 bits per heavy atom. The second-order valence-corrected chi connectivity index (χ2v) is 3.32. The number of carboxylic acids is 1. The number of aromatic nitrogens is 2. The van der Waals surface area contributed by atoms with Crippen molar-refractivity contribution in [3.63, 3.8) is 0 Å². The number of aromatic carboxylic acids is 1. The van der Waals surface area contributed by atoms with Gasteiger partial charge in [0, 0.05) is 6.20 Å². The molecule has 0 aliphatic carbocycles. The van der Waals surface area contributed by atoms with Gasteiger partial charge in [0.2, 0.25) is 0 Å². The zero-order valence-electron chi connectivity index (χ0n) is 7.59. The van der Waals surface area contributed by atoms with Crippen LogP contribution in [0.5, 0.6) is 0 Å². The Morgan fingerprint density at radius 1 is 1.27 bits per heavy atom. The largest absolute Gasteiger partial charge is 0.478 e. The molecule has 0 saturated heterocycles. The summed E-state index contributed by atoms with van der Waals surface area (Å²) < 4.78 is 1.58. The van der Waals surface area contributed by atoms with Crippen molar-refractivity contribution in [3.8, 4) is 5.69 Å². The average Bonchev–Trinajstić information content (AvgIpc) is 2.65. The third-order valence-corrected chi connectivity index (χ3v) is 2.14. The van der Waals surface area contributed by atoms with Crippen LogP contribution in [-0.4, -0.2) is 20.9 Å². The van der Waals surface area contributed by atoms with Crippen LogP contribution in [-0.2, 0) is 0 Å². The molecule has 76 valence electrons. The quantitative estimate of drug-likeness (QED) is 0.848. The number of hydrogen-bond donors (Lipinski definition) is 1. The predicted molar refractivity (Wildman–Crippen MR) is 55.5 cm³/mol. The minimum atomic E-state index is -0.944. The van der Waals surface area contributed by atoms with E-state index in [-0.39, 0.29) is 5.56 Å². The highest BCUT2D eigenvalue weighted by Gasteiger charge is 2.03. The van der Waals surface area contributed by atoms with Gasteiger partial charge in [-0.15, -0.1) is 0 Å². The van der Waals surface area contributed by atoms with Gasteiger partial charge in [-0.25, -0.2) is 9.48 Å². The van der Waals surface area contributed by atoms with Gasteiger partial charge in [-0.2, -0.15) is 5.10 Å². The normalized spacial score (nSPS) is 10.2. The summed E-state index contributed by atoms with van der Waals surface area (Å²) in [4.78, 5) is 10.6. The van der Waals surface area contributed by atoms with Gasteiger partial charge in [0.1, 0.15) is 0 Å². The molecule has 0 radical (unpaired) electrons. The molecule has 5 heteroatoms. The molecule has 0 unspecified atom stereocenters. The number of benzene rings is 1. The zero-order chi connectivity index (χ0) is 10.8. The van der Waals surface area contributed by atoms with Crippen molar-refractivity contribution in [3.05, 3.63) is 47.2 Å². The van der Waals surface area contributed by atoms with Crippen molar-refractivity contribution in [2.45, 2.75) is 0 Å². The number of nitrogens with zero attached hydrogens (tertiary/aromatic N) is 2. The molecule has 2 aromatic rings. The molecule has 0 bridgehead atoms. The molecule has 1 heterocycles. The monoisotopic (exact) mass is 222 g/mol. The summed E-state index contributed by atoms with van der Waals surface area (Å²) >= 11 is 5.67. The van der Waals surface area contributed by atoms with Gasteiger partial charge < -0.3 is 5.11 Å². The molecule has 0 atom stereocenters. The van der Waals surface area contributed by atoms with Crippen LogP contribution < -0.4 is 0 Å². The first-order chi connectivity index (χ1) is 7.16. The summed E-state index contributed by atoms with van der Waals surface area (Å²) in [7, 11) is 0. The van der Waals surface area contributed by atoms with E-state index >= 15 is 0 Å². The lowest BCUT2D eigenvalue weighted by Gasteiger charge is -2.00. The fourth-order valence-electron chi connectivity index (χ4n) is 1.20. The van der Waals surface area contributed by atoms with E-state index in [1.807, 2.05) is 0 Å². The summed E-state index contributed by atoms with van der Waals surface area (Å²) in [6.07, 6.45) is 1.71. The SMILES string of the molecule is O=C(O)c1ccc(-n2ccc(Cl)n2)cc1. The van der Waals surface area contributed by atoms with Crippen LogP contribution >= 0.6 is 11.6 Å². The molecule has 1 N–H and O–H groups in total. The molecule has 0 aliphatic rings. The number of carboxylic acid groups (broad SMARTS) is 1. The number of hydrogen-bond acceptors (Lipinski definition) is 2. The number of rotatable bonds is 2. The molecular formula is C10H7ClN2O2. The van der Waals surface area contributed by atoms with Crippen LogP contribution in [0.25, 0.3) is 5.69 Å². The van der Waals surface area contributed by atoms with Gasteiger partial charge in [0.25, 0.3) is 0 Å². The highest BCUT2D eigenvalue weighted by atomic mass is 35.5. The smallest absolute Gasteiger partial charge is 0.335 e. The summed E-state index contributed by atoms with van der Waals surface area (Å²) in [6, 6.07) is 8.05. The van der Waals surface area contributed by atoms with E-state index in [1.165, 1.54) is 12.1 Å². The first-order valence-corrected chi connectivity index (χ1v) is 4.59. The Labute approximate surface area is 90.7 Å². The third-order valence-electron chi connectivity index (χ3n) is 1.94. The van der Waals surface area contributed by atoms with E-state index in [1.54, 1.807) is 29.1 Å². The van der Waals surface area contributed by atoms with E-state index in [4.69, 9.17) is 16.7 Å². The second-order valence-electron chi connectivity index (χ2n) is 2.94. The first kappa shape index (κ1) is 9.73. The fourth-order valence-corrected chi connectivity index (χ4v) is 1.34. The molecule has 1 aromatic carbocycles. The topological polar surface area (TPSA) is 55.1 Å². The predicted octanol–water partition coefficient (Wildman–Crippen LogP) is 2.22. The van der Waals surface area contributed by atoms with E-state index in [2.05, 4.69) is 5.10 Å². The van der Waals surface area contributed by atoms with Gasteiger partial charge >= 0.3 is 5.97 Å². The molecular weight excluding hydrogens is 216 g/mol. The van der Waals surface area contributed by atoms with Crippen LogP contribution in [0.4, 0.5) is 0 Å². The van der Waals surface area contributed by atoms with Crippen LogP contribution in [0.2, 0.25) is 5.15 Å². The van der Waals surface area contributed by atoms with Gasteiger partial charge in [-0.3, -0.25) is 0 Å². The Morgan fingerprint density at radius 3 is 2.40 bits per heavy atom. The summed E-state index contributed by atoms with van der Waals surface area (Å²) in [6.45, 7) is 0. The van der Waals surface area contributed by atoms with Crippen molar-refractivity contribution >= 4 is 17.6 Å². The maximum Gasteiger partial charge on any atom is 0.335 e. The van der Waals surface area contributed by atoms with Gasteiger partial charge in [-0.05, 0) is 30.3 Å². The Balaban J connectivity index is 2.35. The molecule has 0 fully saturated rings. The van der Waals surface area contributed by atoms with Gasteiger partial charge in [0.05, 0.1) is 11.3 Å². The Kier molecular flexibility index (Phi) is 2.43. The lowest BCUT2D eigenvalue weighted by Crippen LogP contribution is -1.98. The van der Waals surface area contributed by atoms with Crippen LogP contribution in [0.15, 0.2) is 36.5 Å². The van der Waals surface area contributed by atoms with Crippen LogP contribution in [0.3, 0.4) is 0 Å². The highest BCUT2D eigenvalue weighted by Crippen LogP contribution is 2.11. The highest BCUT2D eigenvalue weighted by molar-refractivity contribution is 6.29. The molecule has 0 aliphatic heterocycles. The average molecular weight is 223 g/mol. The van der Waals surface area contributed by atoms with Crippen LogP contribution in [0, 0.1) is 0 Å². The lowest BCUT2D eigenvalue weighted by atomic mass is 10.2. The maximum atomic E-state index is 10.6. The van der Waals surface area contributed by atoms with E-state index < -0.39 is 5.97 Å². The number of carbonyl (C=O) groups is 1. The van der Waals surface area contributed by atoms with Crippen molar-refractivity contribution < 1.29 is 9.90 Å². The zero-order valence-corrected chi connectivity index (χ0v) is 8.35. The molecule has 1 aromatic heterocycles. The molecule has 4 nitrogen and oxygen atoms in total. The summed E-state index contributed by atoms with van der Waals surface area (Å²) in [5.41, 5.74) is 1.02. The first-order valence-electron chi connectivity index (χ1n) is 4.22. The Bertz CT molecular complexity index is 490. The molecule has 2 rings (SSSR count). The molecule has 15 heavy (non-hydrogen) atoms. The van der Waals surface area contributed by atoms with E-state index in [0.29, 0.717) is 5.15 Å². The minimum absolute atomic E-state index is 0.247.